The molecule has 0 aliphatic rings. The second kappa shape index (κ2) is 5.05. The number of aryl methyl sites for hydroxylation is 1. The molecule has 4 heteroatoms. The number of halogens is 1. The summed E-state index contributed by atoms with van der Waals surface area (Å²) in [6.07, 6.45) is 3.87. The van der Waals surface area contributed by atoms with Gasteiger partial charge in [0.1, 0.15) is 0 Å². The van der Waals surface area contributed by atoms with Crippen molar-refractivity contribution in [1.82, 2.24) is 9.61 Å². The molecule has 0 fully saturated rings. The van der Waals surface area contributed by atoms with Crippen molar-refractivity contribution in [3.8, 4) is 0 Å². The monoisotopic (exact) mass is 315 g/mol. The molecule has 0 aliphatic carbocycles. The number of fused-ring (bicyclic) bond motifs is 1. The van der Waals surface area contributed by atoms with Gasteiger partial charge in [0, 0.05) is 28.5 Å². The molecule has 0 amide bonds. The number of nitrogens with one attached hydrogen (secondary N) is 1. The molecule has 3 nitrogen and oxygen atoms in total. The van der Waals surface area contributed by atoms with Crippen molar-refractivity contribution in [2.45, 2.75) is 13.5 Å². The summed E-state index contributed by atoms with van der Waals surface area (Å²) in [5, 5.41) is 7.78. The standard InChI is InChI=1S/C15H14BrN3/c1-11-5-4-6-13(15(11)16)17-9-12-10-18-19-8-3-2-7-14(12)19/h2-8,10,17H,9H2,1H3. The number of anilines is 1. The van der Waals surface area contributed by atoms with Gasteiger partial charge in [0.25, 0.3) is 0 Å². The van der Waals surface area contributed by atoms with Crippen LogP contribution in [-0.4, -0.2) is 9.61 Å². The largest absolute Gasteiger partial charge is 0.380 e. The average Bonchev–Trinajstić information content (AvgIpc) is 2.84. The maximum Gasteiger partial charge on any atom is 0.0711 e. The van der Waals surface area contributed by atoms with Crippen LogP contribution in [0.25, 0.3) is 5.52 Å². The molecule has 0 saturated carbocycles. The summed E-state index contributed by atoms with van der Waals surface area (Å²) in [7, 11) is 0. The Morgan fingerprint density at radius 1 is 1.21 bits per heavy atom. The third kappa shape index (κ3) is 2.36. The topological polar surface area (TPSA) is 29.3 Å². The van der Waals surface area contributed by atoms with Crippen LogP contribution in [0.2, 0.25) is 0 Å². The molecule has 0 atom stereocenters. The van der Waals surface area contributed by atoms with Crippen LogP contribution >= 0.6 is 15.9 Å². The van der Waals surface area contributed by atoms with Crippen LogP contribution in [0.1, 0.15) is 11.1 Å². The van der Waals surface area contributed by atoms with Crippen molar-refractivity contribution < 1.29 is 0 Å². The molecule has 1 N–H and O–H groups in total. The van der Waals surface area contributed by atoms with Crippen molar-refractivity contribution in [3.63, 3.8) is 0 Å². The number of hydrogen-bond donors (Lipinski definition) is 1. The Balaban J connectivity index is 1.84. The smallest absolute Gasteiger partial charge is 0.0711 e. The van der Waals surface area contributed by atoms with Crippen molar-refractivity contribution in [1.29, 1.82) is 0 Å². The minimum Gasteiger partial charge on any atom is -0.380 e. The number of aromatic nitrogens is 2. The highest BCUT2D eigenvalue weighted by Crippen LogP contribution is 2.26. The van der Waals surface area contributed by atoms with E-state index in [0.29, 0.717) is 0 Å². The normalized spacial score (nSPS) is 10.8. The molecule has 0 spiro atoms. The van der Waals surface area contributed by atoms with Crippen LogP contribution in [0.15, 0.2) is 53.3 Å². The molecular weight excluding hydrogens is 302 g/mol. The van der Waals surface area contributed by atoms with E-state index in [1.54, 1.807) is 0 Å². The van der Waals surface area contributed by atoms with Gasteiger partial charge in [-0.15, -0.1) is 0 Å². The van der Waals surface area contributed by atoms with Crippen molar-refractivity contribution in [3.05, 3.63) is 64.4 Å². The zero-order valence-electron chi connectivity index (χ0n) is 10.6. The lowest BCUT2D eigenvalue weighted by molar-refractivity contribution is 0.961. The average molecular weight is 316 g/mol. The molecule has 0 saturated heterocycles. The molecular formula is C15H14BrN3. The van der Waals surface area contributed by atoms with Crippen LogP contribution in [0, 0.1) is 6.92 Å². The maximum absolute atomic E-state index is 4.34. The lowest BCUT2D eigenvalue weighted by Crippen LogP contribution is -2.00. The van der Waals surface area contributed by atoms with E-state index in [4.69, 9.17) is 0 Å². The van der Waals surface area contributed by atoms with Gasteiger partial charge in [-0.05, 0) is 46.6 Å². The van der Waals surface area contributed by atoms with E-state index in [1.807, 2.05) is 29.0 Å². The fourth-order valence-electron chi connectivity index (χ4n) is 2.10. The zero-order chi connectivity index (χ0) is 13.2. The van der Waals surface area contributed by atoms with Crippen LogP contribution in [-0.2, 0) is 6.54 Å². The Morgan fingerprint density at radius 3 is 3.00 bits per heavy atom. The van der Waals surface area contributed by atoms with E-state index in [1.165, 1.54) is 11.1 Å². The molecule has 0 aliphatic heterocycles. The second-order valence-electron chi connectivity index (χ2n) is 4.49. The molecule has 0 unspecified atom stereocenters. The van der Waals surface area contributed by atoms with Gasteiger partial charge in [0.05, 0.1) is 11.7 Å². The Hall–Kier alpha value is -1.81. The number of hydrogen-bond acceptors (Lipinski definition) is 2. The molecule has 96 valence electrons. The maximum atomic E-state index is 4.34. The highest BCUT2D eigenvalue weighted by molar-refractivity contribution is 9.10. The number of pyridine rings is 1. The SMILES string of the molecule is Cc1cccc(NCc2cnn3ccccc23)c1Br. The molecule has 2 aromatic heterocycles. The molecule has 0 radical (unpaired) electrons. The summed E-state index contributed by atoms with van der Waals surface area (Å²) in [6, 6.07) is 12.3. The fourth-order valence-corrected chi connectivity index (χ4v) is 2.50. The zero-order valence-corrected chi connectivity index (χ0v) is 12.2. The van der Waals surface area contributed by atoms with Gasteiger partial charge >= 0.3 is 0 Å². The lowest BCUT2D eigenvalue weighted by atomic mass is 10.2. The molecule has 0 bridgehead atoms. The fraction of sp³-hybridized carbons (Fsp3) is 0.133. The number of nitrogens with zero attached hydrogens (tertiary/aromatic N) is 2. The van der Waals surface area contributed by atoms with Gasteiger partial charge in [0.2, 0.25) is 0 Å². The minimum absolute atomic E-state index is 0.759. The van der Waals surface area contributed by atoms with Crippen molar-refractivity contribution in [2.75, 3.05) is 5.32 Å². The quantitative estimate of drug-likeness (QED) is 0.791. The highest BCUT2D eigenvalue weighted by Gasteiger charge is 2.05. The van der Waals surface area contributed by atoms with Gasteiger partial charge in [-0.2, -0.15) is 5.10 Å². The highest BCUT2D eigenvalue weighted by atomic mass is 79.9. The molecule has 3 rings (SSSR count). The van der Waals surface area contributed by atoms with Crippen LogP contribution in [0.5, 0.6) is 0 Å². The first-order chi connectivity index (χ1) is 9.25. The Labute approximate surface area is 120 Å². The summed E-state index contributed by atoms with van der Waals surface area (Å²) in [4.78, 5) is 0. The summed E-state index contributed by atoms with van der Waals surface area (Å²) in [6.45, 7) is 2.85. The van der Waals surface area contributed by atoms with Crippen LogP contribution in [0.4, 0.5) is 5.69 Å². The predicted molar refractivity (Wildman–Crippen MR) is 81.4 cm³/mol. The summed E-state index contributed by atoms with van der Waals surface area (Å²) >= 11 is 3.61. The van der Waals surface area contributed by atoms with Crippen molar-refractivity contribution >= 4 is 27.1 Å². The van der Waals surface area contributed by atoms with E-state index in [2.05, 4.69) is 57.5 Å². The van der Waals surface area contributed by atoms with Crippen molar-refractivity contribution in [2.24, 2.45) is 0 Å². The van der Waals surface area contributed by atoms with Gasteiger partial charge in [-0.25, -0.2) is 4.52 Å². The van der Waals surface area contributed by atoms with Crippen LogP contribution in [0.3, 0.4) is 0 Å². The molecule has 2 heterocycles. The summed E-state index contributed by atoms with van der Waals surface area (Å²) in [5.41, 5.74) is 4.66. The van der Waals surface area contributed by atoms with E-state index in [9.17, 15) is 0 Å². The van der Waals surface area contributed by atoms with Gasteiger partial charge < -0.3 is 5.32 Å². The third-order valence-electron chi connectivity index (χ3n) is 3.17. The second-order valence-corrected chi connectivity index (χ2v) is 5.28. The van der Waals surface area contributed by atoms with Crippen LogP contribution < -0.4 is 5.32 Å². The van der Waals surface area contributed by atoms with E-state index >= 15 is 0 Å². The summed E-state index contributed by atoms with van der Waals surface area (Å²) in [5.74, 6) is 0. The molecule has 1 aromatic carbocycles. The number of rotatable bonds is 3. The Morgan fingerprint density at radius 2 is 2.11 bits per heavy atom. The van der Waals surface area contributed by atoms with E-state index in [-0.39, 0.29) is 0 Å². The molecule has 19 heavy (non-hydrogen) atoms. The third-order valence-corrected chi connectivity index (χ3v) is 4.22. The first kappa shape index (κ1) is 12.2. The number of benzene rings is 1. The first-order valence-electron chi connectivity index (χ1n) is 6.16. The Bertz CT molecular complexity index is 718. The molecule has 3 aromatic rings. The lowest BCUT2D eigenvalue weighted by Gasteiger charge is -2.09. The van der Waals surface area contributed by atoms with Gasteiger partial charge in [0.15, 0.2) is 0 Å². The Kier molecular flexibility index (Phi) is 3.25. The predicted octanol–water partition coefficient (Wildman–Crippen LogP) is 4.02. The van der Waals surface area contributed by atoms with Gasteiger partial charge in [-0.3, -0.25) is 0 Å². The van der Waals surface area contributed by atoms with E-state index < -0.39 is 0 Å². The van der Waals surface area contributed by atoms with E-state index in [0.717, 1.165) is 22.2 Å². The first-order valence-corrected chi connectivity index (χ1v) is 6.95. The van der Waals surface area contributed by atoms with Gasteiger partial charge in [-0.1, -0.05) is 18.2 Å². The minimum atomic E-state index is 0.759. The summed E-state index contributed by atoms with van der Waals surface area (Å²) < 4.78 is 3.01.